The van der Waals surface area contributed by atoms with Crippen molar-refractivity contribution in [3.8, 4) is 0 Å². The van der Waals surface area contributed by atoms with E-state index in [9.17, 15) is 4.39 Å². The van der Waals surface area contributed by atoms with Crippen LogP contribution in [0.15, 0.2) is 0 Å². The van der Waals surface area contributed by atoms with Gasteiger partial charge in [-0.15, -0.1) is 0 Å². The van der Waals surface area contributed by atoms with Crippen LogP contribution in [0.5, 0.6) is 0 Å². The molecule has 0 aromatic heterocycles. The Labute approximate surface area is 67.9 Å². The maximum atomic E-state index is 12.5. The van der Waals surface area contributed by atoms with E-state index in [0.29, 0.717) is 11.8 Å². The molecule has 0 aromatic rings. The molecule has 0 saturated carbocycles. The molecule has 66 valence electrons. The first kappa shape index (κ1) is 8.98. The zero-order valence-electron chi connectivity index (χ0n) is 7.35. The molecule has 1 saturated heterocycles. The van der Waals surface area contributed by atoms with Crippen LogP contribution in [0, 0.1) is 17.8 Å². The Bertz CT molecular complexity index is 108. The molecule has 0 aromatic carbocycles. The Hall–Kier alpha value is -0.110. The summed E-state index contributed by atoms with van der Waals surface area (Å²) in [6.45, 7) is 5.58. The van der Waals surface area contributed by atoms with Crippen LogP contribution in [-0.4, -0.2) is 19.9 Å². The van der Waals surface area contributed by atoms with Gasteiger partial charge in [0, 0.05) is 13.2 Å². The fraction of sp³-hybridized carbons (Fsp3) is 1.00. The first-order valence-corrected chi connectivity index (χ1v) is 4.39. The van der Waals surface area contributed by atoms with Crippen molar-refractivity contribution in [2.24, 2.45) is 17.8 Å². The molecule has 0 N–H and O–H groups in total. The number of alkyl halides is 1. The third kappa shape index (κ3) is 2.16. The summed E-state index contributed by atoms with van der Waals surface area (Å²) in [7, 11) is 0. The lowest BCUT2D eigenvalue weighted by atomic mass is 9.84. The SMILES string of the molecule is CC(C)C(CF)C1CCOC1. The second-order valence-corrected chi connectivity index (χ2v) is 3.69. The highest BCUT2D eigenvalue weighted by atomic mass is 19.1. The second-order valence-electron chi connectivity index (χ2n) is 3.69. The van der Waals surface area contributed by atoms with Gasteiger partial charge in [0.2, 0.25) is 0 Å². The van der Waals surface area contributed by atoms with Gasteiger partial charge in [-0.05, 0) is 24.2 Å². The highest BCUT2D eigenvalue weighted by Gasteiger charge is 2.27. The van der Waals surface area contributed by atoms with Crippen molar-refractivity contribution in [3.05, 3.63) is 0 Å². The molecule has 2 atom stereocenters. The van der Waals surface area contributed by atoms with E-state index in [4.69, 9.17) is 4.74 Å². The van der Waals surface area contributed by atoms with Crippen molar-refractivity contribution in [1.82, 2.24) is 0 Å². The summed E-state index contributed by atoms with van der Waals surface area (Å²) in [5.74, 6) is 1.14. The van der Waals surface area contributed by atoms with Gasteiger partial charge in [-0.2, -0.15) is 0 Å². The van der Waals surface area contributed by atoms with Gasteiger partial charge in [-0.25, -0.2) is 0 Å². The second kappa shape index (κ2) is 4.05. The van der Waals surface area contributed by atoms with Crippen LogP contribution in [0.4, 0.5) is 4.39 Å². The molecule has 1 aliphatic rings. The molecule has 2 unspecified atom stereocenters. The van der Waals surface area contributed by atoms with E-state index >= 15 is 0 Å². The van der Waals surface area contributed by atoms with E-state index in [-0.39, 0.29) is 12.6 Å². The molecule has 0 amide bonds. The van der Waals surface area contributed by atoms with Gasteiger partial charge >= 0.3 is 0 Å². The van der Waals surface area contributed by atoms with Crippen LogP contribution in [0.25, 0.3) is 0 Å². The minimum atomic E-state index is -0.189. The zero-order chi connectivity index (χ0) is 8.27. The Morgan fingerprint density at radius 2 is 2.27 bits per heavy atom. The normalized spacial score (nSPS) is 27.8. The topological polar surface area (TPSA) is 9.23 Å². The van der Waals surface area contributed by atoms with E-state index in [1.54, 1.807) is 0 Å². The van der Waals surface area contributed by atoms with Crippen LogP contribution in [0.1, 0.15) is 20.3 Å². The number of hydrogen-bond acceptors (Lipinski definition) is 1. The van der Waals surface area contributed by atoms with Crippen molar-refractivity contribution < 1.29 is 9.13 Å². The molecular weight excluding hydrogens is 143 g/mol. The van der Waals surface area contributed by atoms with E-state index in [1.165, 1.54) is 0 Å². The van der Waals surface area contributed by atoms with Gasteiger partial charge < -0.3 is 4.74 Å². The minimum Gasteiger partial charge on any atom is -0.381 e. The molecular formula is C9H17FO. The van der Waals surface area contributed by atoms with E-state index in [2.05, 4.69) is 13.8 Å². The third-order valence-corrected chi connectivity index (χ3v) is 2.60. The highest BCUT2D eigenvalue weighted by Crippen LogP contribution is 2.28. The molecule has 0 bridgehead atoms. The first-order valence-electron chi connectivity index (χ1n) is 4.39. The lowest BCUT2D eigenvalue weighted by Crippen LogP contribution is -2.22. The average molecular weight is 160 g/mol. The minimum absolute atomic E-state index is 0.189. The molecule has 1 fully saturated rings. The van der Waals surface area contributed by atoms with Gasteiger partial charge in [0.1, 0.15) is 0 Å². The first-order chi connectivity index (χ1) is 5.25. The third-order valence-electron chi connectivity index (χ3n) is 2.60. The van der Waals surface area contributed by atoms with Crippen molar-refractivity contribution >= 4 is 0 Å². The van der Waals surface area contributed by atoms with Crippen LogP contribution in [0.2, 0.25) is 0 Å². The van der Waals surface area contributed by atoms with Crippen molar-refractivity contribution in [2.75, 3.05) is 19.9 Å². The van der Waals surface area contributed by atoms with Gasteiger partial charge in [-0.3, -0.25) is 4.39 Å². The summed E-state index contributed by atoms with van der Waals surface area (Å²) in [6.07, 6.45) is 1.05. The Morgan fingerprint density at radius 3 is 2.64 bits per heavy atom. The highest BCUT2D eigenvalue weighted by molar-refractivity contribution is 4.75. The number of halogens is 1. The van der Waals surface area contributed by atoms with Gasteiger partial charge in [-0.1, -0.05) is 13.8 Å². The molecule has 1 heterocycles. The van der Waals surface area contributed by atoms with Crippen LogP contribution in [0.3, 0.4) is 0 Å². The van der Waals surface area contributed by atoms with Crippen LogP contribution < -0.4 is 0 Å². The summed E-state index contributed by atoms with van der Waals surface area (Å²) in [6, 6.07) is 0. The summed E-state index contributed by atoms with van der Waals surface area (Å²) in [4.78, 5) is 0. The van der Waals surface area contributed by atoms with Crippen LogP contribution >= 0.6 is 0 Å². The van der Waals surface area contributed by atoms with E-state index in [1.807, 2.05) is 0 Å². The molecule has 0 spiro atoms. The smallest absolute Gasteiger partial charge is 0.0928 e. The fourth-order valence-electron chi connectivity index (χ4n) is 1.74. The maximum absolute atomic E-state index is 12.5. The Balaban J connectivity index is 2.40. The quantitative estimate of drug-likeness (QED) is 0.615. The Kier molecular flexibility index (Phi) is 3.31. The van der Waals surface area contributed by atoms with Crippen molar-refractivity contribution in [1.29, 1.82) is 0 Å². The number of rotatable bonds is 3. The largest absolute Gasteiger partial charge is 0.381 e. The predicted octanol–water partition coefficient (Wildman–Crippen LogP) is 2.26. The standard InChI is InChI=1S/C9H17FO/c1-7(2)9(5-10)8-3-4-11-6-8/h7-9H,3-6H2,1-2H3. The zero-order valence-corrected chi connectivity index (χ0v) is 7.35. The number of hydrogen-bond donors (Lipinski definition) is 0. The summed E-state index contributed by atoms with van der Waals surface area (Å²) >= 11 is 0. The van der Waals surface area contributed by atoms with E-state index < -0.39 is 0 Å². The summed E-state index contributed by atoms with van der Waals surface area (Å²) in [5, 5.41) is 0. The van der Waals surface area contributed by atoms with E-state index in [0.717, 1.165) is 19.6 Å². The molecule has 2 heteroatoms. The van der Waals surface area contributed by atoms with Crippen molar-refractivity contribution in [3.63, 3.8) is 0 Å². The molecule has 0 aliphatic carbocycles. The van der Waals surface area contributed by atoms with Crippen molar-refractivity contribution in [2.45, 2.75) is 20.3 Å². The average Bonchev–Trinajstić information content (AvgIpc) is 2.40. The Morgan fingerprint density at radius 1 is 1.55 bits per heavy atom. The maximum Gasteiger partial charge on any atom is 0.0928 e. The fourth-order valence-corrected chi connectivity index (χ4v) is 1.74. The molecule has 0 radical (unpaired) electrons. The molecule has 1 aliphatic heterocycles. The molecule has 1 rings (SSSR count). The molecule has 11 heavy (non-hydrogen) atoms. The van der Waals surface area contributed by atoms with Crippen LogP contribution in [-0.2, 0) is 4.74 Å². The predicted molar refractivity (Wildman–Crippen MR) is 43.2 cm³/mol. The van der Waals surface area contributed by atoms with Gasteiger partial charge in [0.15, 0.2) is 0 Å². The lowest BCUT2D eigenvalue weighted by molar-refractivity contribution is 0.145. The van der Waals surface area contributed by atoms with Gasteiger partial charge in [0.25, 0.3) is 0 Å². The number of ether oxygens (including phenoxy) is 1. The monoisotopic (exact) mass is 160 g/mol. The summed E-state index contributed by atoms with van der Waals surface area (Å²) < 4.78 is 17.7. The molecule has 1 nitrogen and oxygen atoms in total. The summed E-state index contributed by atoms with van der Waals surface area (Å²) in [5.41, 5.74) is 0. The lowest BCUT2D eigenvalue weighted by Gasteiger charge is -2.22. The van der Waals surface area contributed by atoms with Gasteiger partial charge in [0.05, 0.1) is 6.67 Å².